The van der Waals surface area contributed by atoms with E-state index in [-0.39, 0.29) is 11.9 Å². The fourth-order valence-corrected chi connectivity index (χ4v) is 4.15. The van der Waals surface area contributed by atoms with E-state index in [9.17, 15) is 4.79 Å². The van der Waals surface area contributed by atoms with Crippen LogP contribution in [0.1, 0.15) is 37.2 Å². The van der Waals surface area contributed by atoms with Crippen LogP contribution in [0.15, 0.2) is 41.8 Å². The molecule has 1 N–H and O–H groups in total. The fourth-order valence-electron chi connectivity index (χ4n) is 3.37. The van der Waals surface area contributed by atoms with E-state index < -0.39 is 0 Å². The predicted molar refractivity (Wildman–Crippen MR) is 105 cm³/mol. The van der Waals surface area contributed by atoms with Crippen molar-refractivity contribution in [2.24, 2.45) is 0 Å². The lowest BCUT2D eigenvalue weighted by Gasteiger charge is -2.26. The van der Waals surface area contributed by atoms with E-state index >= 15 is 0 Å². The largest absolute Gasteiger partial charge is 0.361 e. The lowest BCUT2D eigenvalue weighted by Crippen LogP contribution is -2.32. The number of rotatable bonds is 6. The number of benzene rings is 1. The Morgan fingerprint density at radius 2 is 2.08 bits per heavy atom. The fraction of sp³-hybridized carbons (Fsp3) is 0.350. The zero-order chi connectivity index (χ0) is 17.9. The van der Waals surface area contributed by atoms with Crippen molar-refractivity contribution in [2.75, 3.05) is 18.4 Å². The molecule has 1 aromatic carbocycles. The topological polar surface area (TPSA) is 58.1 Å². The lowest BCUT2D eigenvalue weighted by atomic mass is 10.1. The van der Waals surface area contributed by atoms with Gasteiger partial charge >= 0.3 is 0 Å². The monoisotopic (exact) mass is 366 g/mol. The van der Waals surface area contributed by atoms with Crippen molar-refractivity contribution in [2.45, 2.75) is 32.2 Å². The molecule has 4 rings (SSSR count). The summed E-state index contributed by atoms with van der Waals surface area (Å²) in [7, 11) is 0. The number of aromatic nitrogens is 2. The van der Waals surface area contributed by atoms with Crippen molar-refractivity contribution in [1.29, 1.82) is 0 Å². The summed E-state index contributed by atoms with van der Waals surface area (Å²) in [5.74, 6) is 1.94. The molecule has 2 aromatic heterocycles. The zero-order valence-electron chi connectivity index (χ0n) is 14.8. The van der Waals surface area contributed by atoms with Gasteiger partial charge in [-0.05, 0) is 23.4 Å². The average Bonchev–Trinajstić information content (AvgIpc) is 3.31. The minimum absolute atomic E-state index is 0.000885. The number of aryl methyl sites for hydroxylation is 1. The van der Waals surface area contributed by atoms with Crippen molar-refractivity contribution >= 4 is 33.3 Å². The molecular formula is C20H22N4OS. The summed E-state index contributed by atoms with van der Waals surface area (Å²) >= 11 is 1.63. The maximum Gasteiger partial charge on any atom is 0.222 e. The maximum absolute atomic E-state index is 12.1. The number of carbonyl (C=O) groups is 1. The molecule has 0 radical (unpaired) electrons. The highest BCUT2D eigenvalue weighted by Crippen LogP contribution is 2.29. The molecule has 0 spiro atoms. The number of thiophene rings is 1. The van der Waals surface area contributed by atoms with Gasteiger partial charge in [0, 0.05) is 25.9 Å². The van der Waals surface area contributed by atoms with Crippen LogP contribution in [-0.4, -0.2) is 33.9 Å². The number of hydrogen-bond donors (Lipinski definition) is 1. The third kappa shape index (κ3) is 3.42. The van der Waals surface area contributed by atoms with Crippen molar-refractivity contribution in [3.8, 4) is 0 Å². The first-order valence-corrected chi connectivity index (χ1v) is 9.96. The van der Waals surface area contributed by atoms with Crippen LogP contribution in [0.4, 0.5) is 5.82 Å². The van der Waals surface area contributed by atoms with Crippen LogP contribution in [0, 0.1) is 0 Å². The number of fused-ring (bicyclic) bond motifs is 1. The molecule has 1 aliphatic heterocycles. The van der Waals surface area contributed by atoms with Crippen LogP contribution >= 0.6 is 11.3 Å². The second-order valence-electron chi connectivity index (χ2n) is 6.53. The predicted octanol–water partition coefficient (Wildman–Crippen LogP) is 4.03. The van der Waals surface area contributed by atoms with Crippen LogP contribution in [-0.2, 0) is 11.2 Å². The Bertz CT molecular complexity index is 909. The van der Waals surface area contributed by atoms with Crippen LogP contribution in [0.2, 0.25) is 0 Å². The quantitative estimate of drug-likeness (QED) is 0.716. The zero-order valence-corrected chi connectivity index (χ0v) is 15.6. The normalized spacial score (nSPS) is 15.6. The molecule has 0 aliphatic carbocycles. The van der Waals surface area contributed by atoms with Gasteiger partial charge in [-0.3, -0.25) is 4.79 Å². The van der Waals surface area contributed by atoms with Gasteiger partial charge in [-0.1, -0.05) is 37.3 Å². The van der Waals surface area contributed by atoms with E-state index in [0.29, 0.717) is 13.0 Å². The summed E-state index contributed by atoms with van der Waals surface area (Å²) < 4.78 is 0. The third-order valence-electron chi connectivity index (χ3n) is 4.77. The van der Waals surface area contributed by atoms with E-state index in [2.05, 4.69) is 35.4 Å². The molecule has 1 saturated heterocycles. The highest BCUT2D eigenvalue weighted by Gasteiger charge is 2.25. The first-order valence-electron chi connectivity index (χ1n) is 9.08. The summed E-state index contributed by atoms with van der Waals surface area (Å²) in [5.41, 5.74) is 1.16. The first-order chi connectivity index (χ1) is 12.7. The average molecular weight is 366 g/mol. The van der Waals surface area contributed by atoms with Gasteiger partial charge in [0.1, 0.15) is 16.5 Å². The van der Waals surface area contributed by atoms with E-state index in [1.54, 1.807) is 11.3 Å². The summed E-state index contributed by atoms with van der Waals surface area (Å²) in [6, 6.07) is 12.3. The summed E-state index contributed by atoms with van der Waals surface area (Å²) in [4.78, 5) is 24.4. The smallest absolute Gasteiger partial charge is 0.222 e. The Hall–Kier alpha value is -2.47. The molecule has 3 heterocycles. The van der Waals surface area contributed by atoms with Crippen molar-refractivity contribution in [3.05, 3.63) is 53.2 Å². The van der Waals surface area contributed by atoms with Gasteiger partial charge in [0.15, 0.2) is 0 Å². The molecule has 6 heteroatoms. The molecule has 3 aromatic rings. The summed E-state index contributed by atoms with van der Waals surface area (Å²) in [6.07, 6.45) is 2.40. The first kappa shape index (κ1) is 17.0. The molecule has 1 atom stereocenters. The van der Waals surface area contributed by atoms with Gasteiger partial charge in [0.05, 0.1) is 11.4 Å². The van der Waals surface area contributed by atoms with Crippen molar-refractivity contribution < 1.29 is 4.79 Å². The number of amides is 1. The highest BCUT2D eigenvalue weighted by atomic mass is 32.1. The van der Waals surface area contributed by atoms with Gasteiger partial charge in [0.25, 0.3) is 0 Å². The second-order valence-corrected chi connectivity index (χ2v) is 7.43. The minimum atomic E-state index is 0.000885. The number of hydrogen-bond acceptors (Lipinski definition) is 5. The molecule has 1 amide bonds. The van der Waals surface area contributed by atoms with Crippen LogP contribution in [0.5, 0.6) is 0 Å². The second kappa shape index (κ2) is 7.41. The van der Waals surface area contributed by atoms with Gasteiger partial charge < -0.3 is 10.2 Å². The molecule has 1 fully saturated rings. The van der Waals surface area contributed by atoms with Crippen molar-refractivity contribution in [1.82, 2.24) is 14.9 Å². The molecule has 26 heavy (non-hydrogen) atoms. The van der Waals surface area contributed by atoms with Crippen LogP contribution < -0.4 is 5.32 Å². The SMILES string of the molecule is CCc1nc(NC(CN2CCCC2=O)c2ccccc2)c2ccsc2n1. The molecule has 0 bridgehead atoms. The summed E-state index contributed by atoms with van der Waals surface area (Å²) in [6.45, 7) is 3.55. The maximum atomic E-state index is 12.1. The number of anilines is 1. The molecule has 0 saturated carbocycles. The number of nitrogens with one attached hydrogen (secondary N) is 1. The van der Waals surface area contributed by atoms with E-state index in [0.717, 1.165) is 46.8 Å². The molecular weight excluding hydrogens is 344 g/mol. The van der Waals surface area contributed by atoms with Gasteiger partial charge in [-0.15, -0.1) is 11.3 Å². The van der Waals surface area contributed by atoms with Gasteiger partial charge in [-0.25, -0.2) is 9.97 Å². The van der Waals surface area contributed by atoms with E-state index in [4.69, 9.17) is 4.98 Å². The molecule has 1 unspecified atom stereocenters. The van der Waals surface area contributed by atoms with E-state index in [1.165, 1.54) is 0 Å². The van der Waals surface area contributed by atoms with E-state index in [1.807, 2.05) is 28.5 Å². The Balaban J connectivity index is 1.68. The lowest BCUT2D eigenvalue weighted by molar-refractivity contribution is -0.127. The molecule has 1 aliphatic rings. The highest BCUT2D eigenvalue weighted by molar-refractivity contribution is 7.16. The van der Waals surface area contributed by atoms with Crippen LogP contribution in [0.3, 0.4) is 0 Å². The van der Waals surface area contributed by atoms with Crippen LogP contribution in [0.25, 0.3) is 10.2 Å². The van der Waals surface area contributed by atoms with Gasteiger partial charge in [-0.2, -0.15) is 0 Å². The Kier molecular flexibility index (Phi) is 4.84. The number of nitrogens with zero attached hydrogens (tertiary/aromatic N) is 3. The minimum Gasteiger partial charge on any atom is -0.361 e. The Morgan fingerprint density at radius 3 is 2.81 bits per heavy atom. The Labute approximate surface area is 157 Å². The third-order valence-corrected chi connectivity index (χ3v) is 5.58. The Morgan fingerprint density at radius 1 is 1.23 bits per heavy atom. The number of carbonyl (C=O) groups excluding carboxylic acids is 1. The van der Waals surface area contributed by atoms with Crippen molar-refractivity contribution in [3.63, 3.8) is 0 Å². The molecule has 5 nitrogen and oxygen atoms in total. The summed E-state index contributed by atoms with van der Waals surface area (Å²) in [5, 5.41) is 6.70. The number of likely N-dealkylation sites (tertiary alicyclic amines) is 1. The molecule has 134 valence electrons. The standard InChI is InChI=1S/C20H22N4OS/c1-2-17-22-19(15-10-12-26-20(15)23-17)21-16(14-7-4-3-5-8-14)13-24-11-6-9-18(24)25/h3-5,7-8,10,12,16H,2,6,9,11,13H2,1H3,(H,21,22,23). The van der Waals surface area contributed by atoms with Gasteiger partial charge in [0.2, 0.25) is 5.91 Å².